The molecule has 1 amide bonds. The second-order valence-electron chi connectivity index (χ2n) is 5.40. The first-order valence-electron chi connectivity index (χ1n) is 7.45. The first-order valence-corrected chi connectivity index (χ1v) is 9.27. The van der Waals surface area contributed by atoms with E-state index in [9.17, 15) is 13.2 Å². The van der Waals surface area contributed by atoms with Crippen molar-refractivity contribution >= 4 is 21.4 Å². The number of hydrogen-bond acceptors (Lipinski definition) is 5. The Bertz CT molecular complexity index is 616. The maximum atomic E-state index is 11.8. The normalized spacial score (nSPS) is 19.6. The van der Waals surface area contributed by atoms with Gasteiger partial charge in [0.1, 0.15) is 5.75 Å². The van der Waals surface area contributed by atoms with E-state index in [1.165, 1.54) is 0 Å². The van der Waals surface area contributed by atoms with Crippen LogP contribution in [-0.2, 0) is 14.6 Å². The second-order valence-corrected chi connectivity index (χ2v) is 7.63. The molecule has 22 heavy (non-hydrogen) atoms. The van der Waals surface area contributed by atoms with Gasteiger partial charge in [-0.1, -0.05) is 13.0 Å². The molecule has 1 aliphatic rings. The molecule has 1 saturated heterocycles. The number of ether oxygens (including phenoxy) is 1. The number of sulfone groups is 1. The smallest absolute Gasteiger partial charge is 0.239 e. The van der Waals surface area contributed by atoms with Crippen LogP contribution in [0, 0.1) is 0 Å². The summed E-state index contributed by atoms with van der Waals surface area (Å²) in [7, 11) is -2.97. The standard InChI is InChI=1S/C15H22N2O4S/c1-2-7-21-14-5-3-4-12(9-14)16-10-15(18)17-13-6-8-22(19,20)11-13/h3-5,9,13,16H,2,6-8,10-11H2,1H3,(H,17,18)/t13-/m0/s1. The van der Waals surface area contributed by atoms with Gasteiger partial charge in [-0.3, -0.25) is 4.79 Å². The average molecular weight is 326 g/mol. The number of carbonyl (C=O) groups is 1. The van der Waals surface area contributed by atoms with E-state index in [1.54, 1.807) is 0 Å². The van der Waals surface area contributed by atoms with E-state index in [1.807, 2.05) is 31.2 Å². The summed E-state index contributed by atoms with van der Waals surface area (Å²) < 4.78 is 28.2. The summed E-state index contributed by atoms with van der Waals surface area (Å²) in [5.41, 5.74) is 0.794. The molecule has 2 rings (SSSR count). The van der Waals surface area contributed by atoms with Crippen LogP contribution in [0.5, 0.6) is 5.75 Å². The van der Waals surface area contributed by atoms with Crippen molar-refractivity contribution in [2.24, 2.45) is 0 Å². The summed E-state index contributed by atoms with van der Waals surface area (Å²) in [6.07, 6.45) is 1.43. The van der Waals surface area contributed by atoms with Gasteiger partial charge in [0.05, 0.1) is 24.7 Å². The molecule has 1 fully saturated rings. The van der Waals surface area contributed by atoms with Crippen LogP contribution in [0.3, 0.4) is 0 Å². The average Bonchev–Trinajstić information content (AvgIpc) is 2.82. The Morgan fingerprint density at radius 1 is 1.41 bits per heavy atom. The molecule has 2 N–H and O–H groups in total. The minimum atomic E-state index is -2.97. The third kappa shape index (κ3) is 5.22. The van der Waals surface area contributed by atoms with E-state index in [0.29, 0.717) is 13.0 Å². The second kappa shape index (κ2) is 7.49. The van der Waals surface area contributed by atoms with Crippen molar-refractivity contribution in [3.63, 3.8) is 0 Å². The third-order valence-electron chi connectivity index (χ3n) is 3.36. The SMILES string of the molecule is CCCOc1cccc(NCC(=O)N[C@H]2CCS(=O)(=O)C2)c1. The first-order chi connectivity index (χ1) is 10.5. The zero-order valence-corrected chi connectivity index (χ0v) is 13.5. The maximum Gasteiger partial charge on any atom is 0.239 e. The van der Waals surface area contributed by atoms with E-state index in [2.05, 4.69) is 10.6 Å². The molecule has 122 valence electrons. The highest BCUT2D eigenvalue weighted by atomic mass is 32.2. The van der Waals surface area contributed by atoms with Crippen molar-refractivity contribution in [3.8, 4) is 5.75 Å². The van der Waals surface area contributed by atoms with Crippen molar-refractivity contribution in [1.29, 1.82) is 0 Å². The van der Waals surface area contributed by atoms with Crippen LogP contribution in [0.2, 0.25) is 0 Å². The number of carbonyl (C=O) groups excluding carboxylic acids is 1. The quantitative estimate of drug-likeness (QED) is 0.786. The Kier molecular flexibility index (Phi) is 5.65. The minimum Gasteiger partial charge on any atom is -0.494 e. The number of benzene rings is 1. The predicted octanol–water partition coefficient (Wildman–Crippen LogP) is 1.19. The summed E-state index contributed by atoms with van der Waals surface area (Å²) in [6.45, 7) is 2.80. The zero-order chi connectivity index (χ0) is 16.0. The number of amides is 1. The molecule has 0 spiro atoms. The van der Waals surface area contributed by atoms with Crippen LogP contribution >= 0.6 is 0 Å². The van der Waals surface area contributed by atoms with Crippen LogP contribution in [0.4, 0.5) is 5.69 Å². The van der Waals surface area contributed by atoms with Crippen molar-refractivity contribution in [2.75, 3.05) is 30.0 Å². The minimum absolute atomic E-state index is 0.0408. The maximum absolute atomic E-state index is 11.8. The highest BCUT2D eigenvalue weighted by molar-refractivity contribution is 7.91. The van der Waals surface area contributed by atoms with Gasteiger partial charge in [-0.25, -0.2) is 8.42 Å². The Hall–Kier alpha value is -1.76. The monoisotopic (exact) mass is 326 g/mol. The summed E-state index contributed by atoms with van der Waals surface area (Å²) in [6, 6.07) is 7.15. The third-order valence-corrected chi connectivity index (χ3v) is 5.13. The molecule has 0 aliphatic carbocycles. The van der Waals surface area contributed by atoms with Crippen molar-refractivity contribution < 1.29 is 17.9 Å². The van der Waals surface area contributed by atoms with Crippen LogP contribution in [-0.4, -0.2) is 45.0 Å². The van der Waals surface area contributed by atoms with Crippen LogP contribution < -0.4 is 15.4 Å². The van der Waals surface area contributed by atoms with Crippen LogP contribution in [0.1, 0.15) is 19.8 Å². The molecule has 7 heteroatoms. The van der Waals surface area contributed by atoms with Gasteiger partial charge in [0, 0.05) is 17.8 Å². The number of rotatable bonds is 7. The largest absolute Gasteiger partial charge is 0.494 e. The molecular formula is C15H22N2O4S. The predicted molar refractivity (Wildman–Crippen MR) is 85.9 cm³/mol. The molecule has 0 radical (unpaired) electrons. The first kappa shape index (κ1) is 16.6. The molecule has 0 aromatic heterocycles. The van der Waals surface area contributed by atoms with Gasteiger partial charge >= 0.3 is 0 Å². The van der Waals surface area contributed by atoms with Gasteiger partial charge in [-0.15, -0.1) is 0 Å². The highest BCUT2D eigenvalue weighted by Crippen LogP contribution is 2.17. The molecule has 0 bridgehead atoms. The summed E-state index contributed by atoms with van der Waals surface area (Å²) in [5, 5.41) is 5.76. The lowest BCUT2D eigenvalue weighted by molar-refractivity contribution is -0.119. The van der Waals surface area contributed by atoms with Crippen molar-refractivity contribution in [2.45, 2.75) is 25.8 Å². The summed E-state index contributed by atoms with van der Waals surface area (Å²) >= 11 is 0. The van der Waals surface area contributed by atoms with Gasteiger partial charge in [0.2, 0.25) is 5.91 Å². The molecule has 1 heterocycles. The fourth-order valence-corrected chi connectivity index (χ4v) is 3.96. The van der Waals surface area contributed by atoms with Gasteiger partial charge < -0.3 is 15.4 Å². The molecule has 0 saturated carbocycles. The van der Waals surface area contributed by atoms with Gasteiger partial charge in [0.25, 0.3) is 0 Å². The highest BCUT2D eigenvalue weighted by Gasteiger charge is 2.28. The Labute approximate surface area is 131 Å². The lowest BCUT2D eigenvalue weighted by Crippen LogP contribution is -2.39. The van der Waals surface area contributed by atoms with E-state index >= 15 is 0 Å². The number of hydrogen-bond donors (Lipinski definition) is 2. The summed E-state index contributed by atoms with van der Waals surface area (Å²) in [4.78, 5) is 11.8. The molecule has 1 aromatic rings. The van der Waals surface area contributed by atoms with E-state index < -0.39 is 9.84 Å². The Balaban J connectivity index is 1.78. The Morgan fingerprint density at radius 3 is 2.91 bits per heavy atom. The number of anilines is 1. The molecule has 1 aliphatic heterocycles. The molecule has 0 unspecified atom stereocenters. The van der Waals surface area contributed by atoms with E-state index in [4.69, 9.17) is 4.74 Å². The van der Waals surface area contributed by atoms with Gasteiger partial charge in [-0.2, -0.15) is 0 Å². The topological polar surface area (TPSA) is 84.5 Å². The molecule has 6 nitrogen and oxygen atoms in total. The molecule has 1 atom stereocenters. The lowest BCUT2D eigenvalue weighted by Gasteiger charge is -2.12. The van der Waals surface area contributed by atoms with Gasteiger partial charge in [-0.05, 0) is 25.0 Å². The van der Waals surface area contributed by atoms with Crippen LogP contribution in [0.25, 0.3) is 0 Å². The van der Waals surface area contributed by atoms with Crippen molar-refractivity contribution in [3.05, 3.63) is 24.3 Å². The fourth-order valence-electron chi connectivity index (χ4n) is 2.29. The van der Waals surface area contributed by atoms with Crippen molar-refractivity contribution in [1.82, 2.24) is 5.32 Å². The number of nitrogens with one attached hydrogen (secondary N) is 2. The summed E-state index contributed by atoms with van der Waals surface area (Å²) in [5.74, 6) is 0.748. The van der Waals surface area contributed by atoms with E-state index in [-0.39, 0.29) is 30.0 Å². The zero-order valence-electron chi connectivity index (χ0n) is 12.7. The Morgan fingerprint density at radius 2 is 2.23 bits per heavy atom. The fraction of sp³-hybridized carbons (Fsp3) is 0.533. The lowest BCUT2D eigenvalue weighted by atomic mass is 10.2. The van der Waals surface area contributed by atoms with E-state index in [0.717, 1.165) is 17.9 Å². The molecule has 1 aromatic carbocycles. The van der Waals surface area contributed by atoms with Crippen LogP contribution in [0.15, 0.2) is 24.3 Å². The molecular weight excluding hydrogens is 304 g/mol. The van der Waals surface area contributed by atoms with Gasteiger partial charge in [0.15, 0.2) is 9.84 Å².